The van der Waals surface area contributed by atoms with Gasteiger partial charge in [-0.3, -0.25) is 4.79 Å². The van der Waals surface area contributed by atoms with Crippen LogP contribution in [0.15, 0.2) is 23.3 Å². The summed E-state index contributed by atoms with van der Waals surface area (Å²) < 4.78 is 0. The molecule has 0 bridgehead atoms. The lowest BCUT2D eigenvalue weighted by molar-refractivity contribution is -0.145. The zero-order chi connectivity index (χ0) is 10.8. The van der Waals surface area contributed by atoms with Crippen molar-refractivity contribution in [3.05, 3.63) is 23.3 Å². The van der Waals surface area contributed by atoms with Crippen molar-refractivity contribution < 1.29 is 9.90 Å². The number of allylic oxidation sites excluding steroid dienone is 2. The Morgan fingerprint density at radius 2 is 1.93 bits per heavy atom. The highest BCUT2D eigenvalue weighted by molar-refractivity contribution is 5.83. The van der Waals surface area contributed by atoms with Crippen molar-refractivity contribution in [1.29, 1.82) is 0 Å². The second-order valence-corrected chi connectivity index (χ2v) is 3.97. The smallest absolute Gasteiger partial charge is 0.317 e. The Hall–Kier alpha value is -1.05. The minimum atomic E-state index is -0.715. The zero-order valence-electron chi connectivity index (χ0n) is 9.13. The summed E-state index contributed by atoms with van der Waals surface area (Å²) in [5.74, 6) is -0.707. The lowest BCUT2D eigenvalue weighted by atomic mass is 9.69. The number of aliphatic carboxylic acids is 1. The molecule has 1 rings (SSSR count). The van der Waals surface area contributed by atoms with Gasteiger partial charge >= 0.3 is 5.97 Å². The van der Waals surface area contributed by atoms with Crippen LogP contribution in [0, 0.1) is 5.41 Å². The first kappa shape index (κ1) is 11.0. The van der Waals surface area contributed by atoms with Crippen molar-refractivity contribution in [2.45, 2.75) is 40.0 Å². The third-order valence-electron chi connectivity index (χ3n) is 3.18. The average Bonchev–Trinajstić information content (AvgIpc) is 2.11. The summed E-state index contributed by atoms with van der Waals surface area (Å²) in [4.78, 5) is 11.4. The maximum Gasteiger partial charge on any atom is 0.317 e. The van der Waals surface area contributed by atoms with Crippen LogP contribution in [0.1, 0.15) is 40.0 Å². The molecule has 0 aromatic heterocycles. The van der Waals surface area contributed by atoms with Crippen molar-refractivity contribution in [2.24, 2.45) is 5.41 Å². The molecule has 1 aliphatic carbocycles. The largest absolute Gasteiger partial charge is 0.480 e. The molecule has 0 radical (unpaired) electrons. The SMILES string of the molecule is CCCC1(C(=O)O)C(C)=CCC=C1C. The third-order valence-corrected chi connectivity index (χ3v) is 3.18. The topological polar surface area (TPSA) is 37.3 Å². The van der Waals surface area contributed by atoms with Gasteiger partial charge in [-0.25, -0.2) is 0 Å². The Bertz CT molecular complexity index is 279. The molecule has 2 nitrogen and oxygen atoms in total. The molecule has 0 spiro atoms. The van der Waals surface area contributed by atoms with E-state index in [0.717, 1.165) is 24.0 Å². The summed E-state index contributed by atoms with van der Waals surface area (Å²) in [7, 11) is 0. The summed E-state index contributed by atoms with van der Waals surface area (Å²) in [5, 5.41) is 9.38. The van der Waals surface area contributed by atoms with Gasteiger partial charge in [-0.05, 0) is 26.7 Å². The van der Waals surface area contributed by atoms with Gasteiger partial charge < -0.3 is 5.11 Å². The molecule has 1 N–H and O–H groups in total. The van der Waals surface area contributed by atoms with Crippen molar-refractivity contribution in [1.82, 2.24) is 0 Å². The van der Waals surface area contributed by atoms with Gasteiger partial charge in [0.05, 0.1) is 0 Å². The maximum atomic E-state index is 11.4. The number of hydrogen-bond donors (Lipinski definition) is 1. The average molecular weight is 194 g/mol. The highest BCUT2D eigenvalue weighted by Crippen LogP contribution is 2.42. The number of rotatable bonds is 3. The molecule has 0 amide bonds. The molecule has 0 aromatic carbocycles. The van der Waals surface area contributed by atoms with Gasteiger partial charge in [0.2, 0.25) is 0 Å². The molecule has 0 unspecified atom stereocenters. The molecule has 0 aromatic rings. The van der Waals surface area contributed by atoms with Crippen LogP contribution < -0.4 is 0 Å². The fourth-order valence-electron chi connectivity index (χ4n) is 2.29. The second kappa shape index (κ2) is 3.99. The predicted molar refractivity (Wildman–Crippen MR) is 57.1 cm³/mol. The first-order chi connectivity index (χ1) is 6.55. The molecule has 78 valence electrons. The molecule has 0 fully saturated rings. The minimum Gasteiger partial charge on any atom is -0.480 e. The lowest BCUT2D eigenvalue weighted by Gasteiger charge is -2.34. The number of hydrogen-bond acceptors (Lipinski definition) is 1. The van der Waals surface area contributed by atoms with E-state index in [1.165, 1.54) is 0 Å². The normalized spacial score (nSPS) is 19.9. The van der Waals surface area contributed by atoms with Crippen LogP contribution in [-0.4, -0.2) is 11.1 Å². The Labute approximate surface area is 85.3 Å². The van der Waals surface area contributed by atoms with Gasteiger partial charge in [-0.1, -0.05) is 36.6 Å². The second-order valence-electron chi connectivity index (χ2n) is 3.97. The summed E-state index contributed by atoms with van der Waals surface area (Å²) in [6, 6.07) is 0. The van der Waals surface area contributed by atoms with Gasteiger partial charge in [0.1, 0.15) is 5.41 Å². The van der Waals surface area contributed by atoms with E-state index < -0.39 is 11.4 Å². The molecule has 14 heavy (non-hydrogen) atoms. The van der Waals surface area contributed by atoms with Gasteiger partial charge in [0.15, 0.2) is 0 Å². The highest BCUT2D eigenvalue weighted by atomic mass is 16.4. The van der Waals surface area contributed by atoms with Crippen LogP contribution >= 0.6 is 0 Å². The Morgan fingerprint density at radius 3 is 2.29 bits per heavy atom. The van der Waals surface area contributed by atoms with Crippen molar-refractivity contribution >= 4 is 5.97 Å². The monoisotopic (exact) mass is 194 g/mol. The molecule has 1 aliphatic rings. The number of carbonyl (C=O) groups is 1. The molecular formula is C12H18O2. The number of carboxylic acids is 1. The van der Waals surface area contributed by atoms with Crippen molar-refractivity contribution in [3.8, 4) is 0 Å². The standard InChI is InChI=1S/C12H18O2/c1-4-8-12(11(13)14)9(2)6-5-7-10(12)3/h6-7H,4-5,8H2,1-3H3,(H,13,14). The Balaban J connectivity index is 3.16. The Morgan fingerprint density at radius 1 is 1.43 bits per heavy atom. The third kappa shape index (κ3) is 1.49. The first-order valence-corrected chi connectivity index (χ1v) is 5.13. The lowest BCUT2D eigenvalue weighted by Crippen LogP contribution is -2.34. The summed E-state index contributed by atoms with van der Waals surface area (Å²) in [5.41, 5.74) is 1.27. The first-order valence-electron chi connectivity index (χ1n) is 5.13. The minimum absolute atomic E-state index is 0.701. The molecule has 0 saturated carbocycles. The van der Waals surface area contributed by atoms with Crippen molar-refractivity contribution in [2.75, 3.05) is 0 Å². The fraction of sp³-hybridized carbons (Fsp3) is 0.583. The van der Waals surface area contributed by atoms with E-state index in [1.54, 1.807) is 0 Å². The fourth-order valence-corrected chi connectivity index (χ4v) is 2.29. The van der Waals surface area contributed by atoms with Gasteiger partial charge in [0.25, 0.3) is 0 Å². The molecule has 0 aliphatic heterocycles. The van der Waals surface area contributed by atoms with E-state index in [9.17, 15) is 9.90 Å². The summed E-state index contributed by atoms with van der Waals surface area (Å²) in [6.45, 7) is 5.89. The van der Waals surface area contributed by atoms with Gasteiger partial charge in [-0.2, -0.15) is 0 Å². The van der Waals surface area contributed by atoms with E-state index in [2.05, 4.69) is 0 Å². The quantitative estimate of drug-likeness (QED) is 0.701. The van der Waals surface area contributed by atoms with E-state index in [-0.39, 0.29) is 0 Å². The zero-order valence-corrected chi connectivity index (χ0v) is 9.13. The summed E-state index contributed by atoms with van der Waals surface area (Å²) in [6.07, 6.45) is 6.51. The van der Waals surface area contributed by atoms with Crippen LogP contribution in [0.4, 0.5) is 0 Å². The van der Waals surface area contributed by atoms with Gasteiger partial charge in [-0.15, -0.1) is 0 Å². The Kier molecular flexibility index (Phi) is 3.14. The molecule has 2 heteroatoms. The molecule has 0 saturated heterocycles. The number of carboxylic acid groups (broad SMARTS) is 1. The van der Waals surface area contributed by atoms with E-state index >= 15 is 0 Å². The van der Waals surface area contributed by atoms with E-state index in [1.807, 2.05) is 32.9 Å². The maximum absolute atomic E-state index is 11.4. The highest BCUT2D eigenvalue weighted by Gasteiger charge is 2.41. The summed E-state index contributed by atoms with van der Waals surface area (Å²) >= 11 is 0. The molecular weight excluding hydrogens is 176 g/mol. The van der Waals surface area contributed by atoms with E-state index in [0.29, 0.717) is 6.42 Å². The molecule has 0 atom stereocenters. The van der Waals surface area contributed by atoms with Gasteiger partial charge in [0, 0.05) is 0 Å². The van der Waals surface area contributed by atoms with Crippen LogP contribution in [0.5, 0.6) is 0 Å². The van der Waals surface area contributed by atoms with Crippen LogP contribution in [0.2, 0.25) is 0 Å². The van der Waals surface area contributed by atoms with Crippen LogP contribution in [-0.2, 0) is 4.79 Å². The van der Waals surface area contributed by atoms with Crippen LogP contribution in [0.25, 0.3) is 0 Å². The van der Waals surface area contributed by atoms with Crippen molar-refractivity contribution in [3.63, 3.8) is 0 Å². The van der Waals surface area contributed by atoms with E-state index in [4.69, 9.17) is 0 Å². The van der Waals surface area contributed by atoms with Crippen LogP contribution in [0.3, 0.4) is 0 Å². The predicted octanol–water partition coefficient (Wildman–Crippen LogP) is 3.15. The molecule has 0 heterocycles.